The van der Waals surface area contributed by atoms with Crippen LogP contribution in [0.15, 0.2) is 41.8 Å². The lowest BCUT2D eigenvalue weighted by Crippen LogP contribution is -2.27. The fraction of sp³-hybridized carbons (Fsp3) is 0.0769. The molecule has 0 aliphatic heterocycles. The number of rotatable bonds is 4. The first kappa shape index (κ1) is 13.5. The highest BCUT2D eigenvalue weighted by Gasteiger charge is 2.20. The topological polar surface area (TPSA) is 111 Å². The number of hydrogen-bond acceptors (Lipinski definition) is 5. The van der Waals surface area contributed by atoms with Gasteiger partial charge in [0.05, 0.1) is 0 Å². The number of hydrogen-bond donors (Lipinski definition) is 2. The molecule has 0 fully saturated rings. The van der Waals surface area contributed by atoms with Crippen molar-refractivity contribution in [2.24, 2.45) is 5.73 Å². The highest BCUT2D eigenvalue weighted by molar-refractivity contribution is 5.93. The molecule has 0 unspecified atom stereocenters. The molecule has 7 heteroatoms. The lowest BCUT2D eigenvalue weighted by molar-refractivity contribution is 0.0992. The lowest BCUT2D eigenvalue weighted by atomic mass is 10.2. The highest BCUT2D eigenvalue weighted by Crippen LogP contribution is 2.17. The van der Waals surface area contributed by atoms with Gasteiger partial charge in [-0.1, -0.05) is 12.1 Å². The normalized spacial score (nSPS) is 10.2. The van der Waals surface area contributed by atoms with E-state index in [1.807, 2.05) is 0 Å². The second-order valence-corrected chi connectivity index (χ2v) is 3.92. The smallest absolute Gasteiger partial charge is 0.297 e. The van der Waals surface area contributed by atoms with Gasteiger partial charge in [-0.05, 0) is 12.1 Å². The van der Waals surface area contributed by atoms with Crippen LogP contribution in [0.3, 0.4) is 0 Å². The molecule has 0 aromatic carbocycles. The van der Waals surface area contributed by atoms with Crippen molar-refractivity contribution in [1.82, 2.24) is 14.5 Å². The van der Waals surface area contributed by atoms with Crippen LogP contribution in [-0.4, -0.2) is 25.5 Å². The second kappa shape index (κ2) is 5.35. The predicted molar refractivity (Wildman–Crippen MR) is 72.1 cm³/mol. The van der Waals surface area contributed by atoms with Gasteiger partial charge >= 0.3 is 0 Å². The van der Waals surface area contributed by atoms with E-state index in [1.54, 1.807) is 18.2 Å². The van der Waals surface area contributed by atoms with E-state index in [0.29, 0.717) is 5.69 Å². The molecular formula is C13H12N4O3. The standard InChI is InChI=1S/C13H12N4O3/c1-2-7-17-12(8-5-3-4-6-15-8)16-9(11(14)19)10(18)13(17)20/h2-6,18H,1,7H2,(H2,14,19). The number of nitrogens with zero attached hydrogens (tertiary/aromatic N) is 3. The van der Waals surface area contributed by atoms with Gasteiger partial charge in [-0.2, -0.15) is 0 Å². The summed E-state index contributed by atoms with van der Waals surface area (Å²) in [5.41, 5.74) is 4.24. The summed E-state index contributed by atoms with van der Waals surface area (Å²) in [4.78, 5) is 31.3. The molecule has 0 aliphatic rings. The molecule has 2 aromatic heterocycles. The van der Waals surface area contributed by atoms with Gasteiger partial charge < -0.3 is 10.8 Å². The molecule has 0 aliphatic carbocycles. The minimum absolute atomic E-state index is 0.115. The Kier molecular flexibility index (Phi) is 3.60. The third-order valence-corrected chi connectivity index (χ3v) is 2.58. The van der Waals surface area contributed by atoms with Crippen molar-refractivity contribution >= 4 is 5.91 Å². The van der Waals surface area contributed by atoms with E-state index in [2.05, 4.69) is 16.5 Å². The third-order valence-electron chi connectivity index (χ3n) is 2.58. The van der Waals surface area contributed by atoms with Gasteiger partial charge in [0.15, 0.2) is 11.5 Å². The van der Waals surface area contributed by atoms with E-state index < -0.39 is 22.9 Å². The molecular weight excluding hydrogens is 260 g/mol. The van der Waals surface area contributed by atoms with Crippen molar-refractivity contribution in [2.75, 3.05) is 0 Å². The van der Waals surface area contributed by atoms with Crippen LogP contribution in [-0.2, 0) is 6.54 Å². The van der Waals surface area contributed by atoms with E-state index >= 15 is 0 Å². The van der Waals surface area contributed by atoms with Crippen LogP contribution < -0.4 is 11.3 Å². The van der Waals surface area contributed by atoms with Crippen LogP contribution in [0.25, 0.3) is 11.5 Å². The maximum absolute atomic E-state index is 12.1. The predicted octanol–water partition coefficient (Wildman–Crippen LogP) is 0.296. The van der Waals surface area contributed by atoms with Crippen LogP contribution in [0.4, 0.5) is 0 Å². The van der Waals surface area contributed by atoms with Gasteiger partial charge in [0, 0.05) is 12.7 Å². The number of nitrogens with two attached hydrogens (primary N) is 1. The maximum atomic E-state index is 12.1. The van der Waals surface area contributed by atoms with E-state index in [1.165, 1.54) is 12.3 Å². The SMILES string of the molecule is C=CCn1c(-c2ccccn2)nc(C(N)=O)c(O)c1=O. The molecule has 2 heterocycles. The van der Waals surface area contributed by atoms with Crippen molar-refractivity contribution in [1.29, 1.82) is 0 Å². The first-order valence-corrected chi connectivity index (χ1v) is 5.72. The van der Waals surface area contributed by atoms with Gasteiger partial charge in [0.1, 0.15) is 5.69 Å². The molecule has 7 nitrogen and oxygen atoms in total. The molecule has 0 spiro atoms. The summed E-state index contributed by atoms with van der Waals surface area (Å²) < 4.78 is 1.16. The minimum Gasteiger partial charge on any atom is -0.501 e. The summed E-state index contributed by atoms with van der Waals surface area (Å²) in [6.07, 6.45) is 3.00. The van der Waals surface area contributed by atoms with Crippen LogP contribution in [0, 0.1) is 0 Å². The first-order valence-electron chi connectivity index (χ1n) is 5.72. The zero-order valence-electron chi connectivity index (χ0n) is 10.5. The van der Waals surface area contributed by atoms with Crippen LogP contribution in [0.1, 0.15) is 10.5 Å². The Morgan fingerprint density at radius 3 is 2.80 bits per heavy atom. The molecule has 0 saturated heterocycles. The summed E-state index contributed by atoms with van der Waals surface area (Å²) in [5, 5.41) is 9.70. The number of aromatic hydroxyl groups is 1. The maximum Gasteiger partial charge on any atom is 0.297 e. The second-order valence-electron chi connectivity index (χ2n) is 3.92. The summed E-state index contributed by atoms with van der Waals surface area (Å²) >= 11 is 0. The van der Waals surface area contributed by atoms with Gasteiger partial charge in [-0.15, -0.1) is 6.58 Å². The summed E-state index contributed by atoms with van der Waals surface area (Å²) in [5.74, 6) is -1.62. The van der Waals surface area contributed by atoms with E-state index in [9.17, 15) is 14.7 Å². The molecule has 0 radical (unpaired) electrons. The number of amides is 1. The van der Waals surface area contributed by atoms with E-state index in [-0.39, 0.29) is 12.4 Å². The molecule has 2 rings (SSSR count). The van der Waals surface area contributed by atoms with Crippen molar-refractivity contribution in [2.45, 2.75) is 6.54 Å². The van der Waals surface area contributed by atoms with Crippen molar-refractivity contribution in [3.05, 3.63) is 53.1 Å². The summed E-state index contributed by atoms with van der Waals surface area (Å²) in [6, 6.07) is 5.04. The number of carbonyl (C=O) groups is 1. The Hall–Kier alpha value is -2.96. The zero-order valence-corrected chi connectivity index (χ0v) is 10.5. The van der Waals surface area contributed by atoms with Crippen molar-refractivity contribution in [3.8, 4) is 17.3 Å². The van der Waals surface area contributed by atoms with Crippen LogP contribution in [0.5, 0.6) is 5.75 Å². The van der Waals surface area contributed by atoms with Crippen molar-refractivity contribution in [3.63, 3.8) is 0 Å². The van der Waals surface area contributed by atoms with Gasteiger partial charge in [-0.25, -0.2) is 4.98 Å². The Bertz CT molecular complexity index is 722. The van der Waals surface area contributed by atoms with Crippen LogP contribution in [0.2, 0.25) is 0 Å². The molecule has 102 valence electrons. The monoisotopic (exact) mass is 272 g/mol. The van der Waals surface area contributed by atoms with E-state index in [4.69, 9.17) is 5.73 Å². The number of aromatic nitrogens is 3. The zero-order chi connectivity index (χ0) is 14.7. The Morgan fingerprint density at radius 2 is 2.25 bits per heavy atom. The van der Waals surface area contributed by atoms with Crippen LogP contribution >= 0.6 is 0 Å². The fourth-order valence-electron chi connectivity index (χ4n) is 1.71. The van der Waals surface area contributed by atoms with Gasteiger partial charge in [0.25, 0.3) is 11.5 Å². The number of primary amides is 1. The molecule has 0 bridgehead atoms. The Labute approximate surface area is 114 Å². The molecule has 20 heavy (non-hydrogen) atoms. The quantitative estimate of drug-likeness (QED) is 0.777. The molecule has 0 atom stereocenters. The number of pyridine rings is 1. The number of carbonyl (C=O) groups excluding carboxylic acids is 1. The first-order chi connectivity index (χ1) is 9.56. The molecule has 2 aromatic rings. The largest absolute Gasteiger partial charge is 0.501 e. The van der Waals surface area contributed by atoms with Gasteiger partial charge in [-0.3, -0.25) is 19.1 Å². The van der Waals surface area contributed by atoms with E-state index in [0.717, 1.165) is 4.57 Å². The average Bonchev–Trinajstić information content (AvgIpc) is 2.45. The molecule has 1 amide bonds. The molecule has 0 saturated carbocycles. The molecule has 3 N–H and O–H groups in total. The van der Waals surface area contributed by atoms with Crippen molar-refractivity contribution < 1.29 is 9.90 Å². The summed E-state index contributed by atoms with van der Waals surface area (Å²) in [7, 11) is 0. The number of allylic oxidation sites excluding steroid dienone is 1. The third kappa shape index (κ3) is 2.28. The summed E-state index contributed by atoms with van der Waals surface area (Å²) in [6.45, 7) is 3.65. The van der Waals surface area contributed by atoms with Gasteiger partial charge in [0.2, 0.25) is 5.75 Å². The average molecular weight is 272 g/mol. The fourth-order valence-corrected chi connectivity index (χ4v) is 1.71. The minimum atomic E-state index is -0.984. The Morgan fingerprint density at radius 1 is 1.50 bits per heavy atom. The Balaban J connectivity index is 2.80. The lowest BCUT2D eigenvalue weighted by Gasteiger charge is -2.11. The highest BCUT2D eigenvalue weighted by atomic mass is 16.3.